The van der Waals surface area contributed by atoms with Crippen LogP contribution < -0.4 is 5.32 Å². The Kier molecular flexibility index (Phi) is 5.18. The van der Waals surface area contributed by atoms with E-state index < -0.39 is 5.97 Å². The highest BCUT2D eigenvalue weighted by Gasteiger charge is 2.10. The number of hydrogen-bond donors (Lipinski definition) is 2. The van der Waals surface area contributed by atoms with Crippen molar-refractivity contribution in [2.75, 3.05) is 5.32 Å². The summed E-state index contributed by atoms with van der Waals surface area (Å²) in [4.78, 5) is 11.4. The molecule has 0 aliphatic heterocycles. The zero-order valence-corrected chi connectivity index (χ0v) is 12.4. The highest BCUT2D eigenvalue weighted by molar-refractivity contribution is 7.12. The van der Waals surface area contributed by atoms with Crippen LogP contribution in [-0.4, -0.2) is 11.1 Å². The number of unbranched alkanes of at least 4 members (excludes halogenated alkanes) is 1. The molecule has 2 N–H and O–H groups in total. The minimum atomic E-state index is -0.855. The van der Waals surface area contributed by atoms with Gasteiger partial charge in [0.25, 0.3) is 0 Å². The van der Waals surface area contributed by atoms with Crippen LogP contribution >= 0.6 is 11.3 Å². The van der Waals surface area contributed by atoms with Crippen molar-refractivity contribution in [2.24, 2.45) is 0 Å². The molecule has 0 spiro atoms. The van der Waals surface area contributed by atoms with Gasteiger partial charge in [-0.05, 0) is 47.5 Å². The minimum Gasteiger partial charge on any atom is -0.477 e. The average Bonchev–Trinajstić information content (AvgIpc) is 2.92. The Morgan fingerprint density at radius 1 is 1.25 bits per heavy atom. The Balaban J connectivity index is 1.93. The average molecular weight is 289 g/mol. The number of thiophene rings is 1. The molecule has 2 rings (SSSR count). The van der Waals surface area contributed by atoms with Crippen LogP contribution in [0.3, 0.4) is 0 Å². The minimum absolute atomic E-state index is 0.414. The quantitative estimate of drug-likeness (QED) is 0.794. The normalized spacial score (nSPS) is 10.4. The number of benzene rings is 1. The number of carboxylic acids is 1. The van der Waals surface area contributed by atoms with Gasteiger partial charge in [0.15, 0.2) is 0 Å². The summed E-state index contributed by atoms with van der Waals surface area (Å²) in [6, 6.07) is 10.2. The van der Waals surface area contributed by atoms with Crippen molar-refractivity contribution in [3.8, 4) is 0 Å². The van der Waals surface area contributed by atoms with Crippen LogP contribution in [0, 0.1) is 0 Å². The third-order valence-corrected chi connectivity index (χ3v) is 4.14. The van der Waals surface area contributed by atoms with Gasteiger partial charge in [-0.2, -0.15) is 0 Å². The van der Waals surface area contributed by atoms with Gasteiger partial charge in [0, 0.05) is 12.2 Å². The van der Waals surface area contributed by atoms with Crippen molar-refractivity contribution in [1.82, 2.24) is 0 Å². The zero-order chi connectivity index (χ0) is 14.4. The Labute approximate surface area is 123 Å². The first-order valence-corrected chi connectivity index (χ1v) is 7.71. The maximum Gasteiger partial charge on any atom is 0.346 e. The molecule has 0 aliphatic carbocycles. The lowest BCUT2D eigenvalue weighted by Crippen LogP contribution is -2.04. The third kappa shape index (κ3) is 3.84. The number of carboxylic acid groups (broad SMARTS) is 1. The summed E-state index contributed by atoms with van der Waals surface area (Å²) in [7, 11) is 0. The topological polar surface area (TPSA) is 49.3 Å². The Morgan fingerprint density at radius 3 is 2.65 bits per heavy atom. The molecule has 106 valence electrons. The molecule has 0 radical (unpaired) electrons. The smallest absolute Gasteiger partial charge is 0.346 e. The number of rotatable bonds is 7. The fourth-order valence-corrected chi connectivity index (χ4v) is 2.79. The molecule has 4 heteroatoms. The van der Waals surface area contributed by atoms with E-state index in [0.29, 0.717) is 11.4 Å². The van der Waals surface area contributed by atoms with E-state index in [4.69, 9.17) is 5.11 Å². The highest BCUT2D eigenvalue weighted by atomic mass is 32.1. The second-order valence-corrected chi connectivity index (χ2v) is 5.65. The van der Waals surface area contributed by atoms with Crippen molar-refractivity contribution >= 4 is 23.0 Å². The Morgan fingerprint density at radius 2 is 2.00 bits per heavy atom. The predicted molar refractivity (Wildman–Crippen MR) is 83.7 cm³/mol. The summed E-state index contributed by atoms with van der Waals surface area (Å²) in [5.41, 5.74) is 3.20. The molecule has 0 bridgehead atoms. The van der Waals surface area contributed by atoms with Crippen molar-refractivity contribution in [1.29, 1.82) is 0 Å². The van der Waals surface area contributed by atoms with E-state index in [0.717, 1.165) is 17.7 Å². The molecule has 0 fully saturated rings. The number of carbonyl (C=O) groups is 1. The molecule has 1 heterocycles. The monoisotopic (exact) mass is 289 g/mol. The summed E-state index contributed by atoms with van der Waals surface area (Å²) in [6.07, 6.45) is 3.53. The second-order valence-electron chi connectivity index (χ2n) is 4.73. The van der Waals surface area contributed by atoms with E-state index >= 15 is 0 Å². The second kappa shape index (κ2) is 7.10. The zero-order valence-electron chi connectivity index (χ0n) is 11.6. The van der Waals surface area contributed by atoms with Crippen molar-refractivity contribution in [3.05, 3.63) is 51.7 Å². The number of aromatic carboxylic acids is 1. The fraction of sp³-hybridized carbons (Fsp3) is 0.312. The van der Waals surface area contributed by atoms with Crippen LogP contribution in [0.1, 0.15) is 40.6 Å². The Hall–Kier alpha value is -1.81. The van der Waals surface area contributed by atoms with Gasteiger partial charge in [0.1, 0.15) is 4.88 Å². The molecule has 1 aromatic heterocycles. The van der Waals surface area contributed by atoms with Crippen LogP contribution in [0.15, 0.2) is 35.7 Å². The number of aryl methyl sites for hydroxylation is 1. The molecular weight excluding hydrogens is 270 g/mol. The summed E-state index contributed by atoms with van der Waals surface area (Å²) in [5, 5.41) is 14.1. The van der Waals surface area contributed by atoms with E-state index in [9.17, 15) is 4.79 Å². The molecule has 0 unspecified atom stereocenters. The fourth-order valence-electron chi connectivity index (χ4n) is 2.03. The molecule has 0 saturated carbocycles. The van der Waals surface area contributed by atoms with E-state index in [1.54, 1.807) is 0 Å². The lowest BCUT2D eigenvalue weighted by molar-refractivity contribution is 0.0701. The predicted octanol–water partition coefficient (Wildman–Crippen LogP) is 4.40. The third-order valence-electron chi connectivity index (χ3n) is 3.20. The van der Waals surface area contributed by atoms with E-state index in [1.165, 1.54) is 29.7 Å². The van der Waals surface area contributed by atoms with Crippen molar-refractivity contribution in [3.63, 3.8) is 0 Å². The van der Waals surface area contributed by atoms with Crippen LogP contribution in [0.25, 0.3) is 0 Å². The van der Waals surface area contributed by atoms with Crippen LogP contribution in [0.4, 0.5) is 5.69 Å². The van der Waals surface area contributed by atoms with Gasteiger partial charge in [0.05, 0.1) is 0 Å². The summed E-state index contributed by atoms with van der Waals surface area (Å²) in [5.74, 6) is -0.855. The van der Waals surface area contributed by atoms with Gasteiger partial charge in [-0.3, -0.25) is 0 Å². The SMILES string of the molecule is CCCCc1ccc(NCc2ccsc2C(=O)O)cc1. The largest absolute Gasteiger partial charge is 0.477 e. The Bertz CT molecular complexity index is 560. The van der Waals surface area contributed by atoms with Gasteiger partial charge in [-0.15, -0.1) is 11.3 Å². The van der Waals surface area contributed by atoms with Crippen LogP contribution in [0.5, 0.6) is 0 Å². The molecule has 0 atom stereocenters. The molecule has 3 nitrogen and oxygen atoms in total. The van der Waals surface area contributed by atoms with Gasteiger partial charge in [-0.25, -0.2) is 4.79 Å². The van der Waals surface area contributed by atoms with E-state index in [-0.39, 0.29) is 0 Å². The van der Waals surface area contributed by atoms with Gasteiger partial charge in [-0.1, -0.05) is 25.5 Å². The molecule has 0 aliphatic rings. The number of hydrogen-bond acceptors (Lipinski definition) is 3. The standard InChI is InChI=1S/C16H19NO2S/c1-2-3-4-12-5-7-14(8-6-12)17-11-13-9-10-20-15(13)16(18)19/h5-10,17H,2-4,11H2,1H3,(H,18,19). The van der Waals surface area contributed by atoms with Crippen molar-refractivity contribution < 1.29 is 9.90 Å². The first-order chi connectivity index (χ1) is 9.70. The first kappa shape index (κ1) is 14.6. The lowest BCUT2D eigenvalue weighted by atomic mass is 10.1. The van der Waals surface area contributed by atoms with Crippen LogP contribution in [-0.2, 0) is 13.0 Å². The maximum absolute atomic E-state index is 11.0. The van der Waals surface area contributed by atoms with E-state index in [2.05, 4.69) is 36.5 Å². The first-order valence-electron chi connectivity index (χ1n) is 6.83. The van der Waals surface area contributed by atoms with Crippen molar-refractivity contribution in [2.45, 2.75) is 32.7 Å². The summed E-state index contributed by atoms with van der Waals surface area (Å²) < 4.78 is 0. The van der Waals surface area contributed by atoms with Crippen LogP contribution in [0.2, 0.25) is 0 Å². The summed E-state index contributed by atoms with van der Waals surface area (Å²) in [6.45, 7) is 2.73. The van der Waals surface area contributed by atoms with Gasteiger partial charge >= 0.3 is 5.97 Å². The van der Waals surface area contributed by atoms with Gasteiger partial charge < -0.3 is 10.4 Å². The van der Waals surface area contributed by atoms with E-state index in [1.807, 2.05) is 11.4 Å². The lowest BCUT2D eigenvalue weighted by Gasteiger charge is -2.07. The van der Waals surface area contributed by atoms with Gasteiger partial charge in [0.2, 0.25) is 0 Å². The molecule has 2 aromatic rings. The molecule has 1 aromatic carbocycles. The summed E-state index contributed by atoms with van der Waals surface area (Å²) >= 11 is 1.26. The number of nitrogens with one attached hydrogen (secondary N) is 1. The number of anilines is 1. The highest BCUT2D eigenvalue weighted by Crippen LogP contribution is 2.19. The molecule has 0 saturated heterocycles. The molecular formula is C16H19NO2S. The molecule has 0 amide bonds. The molecule has 20 heavy (non-hydrogen) atoms. The maximum atomic E-state index is 11.0.